The summed E-state index contributed by atoms with van der Waals surface area (Å²) in [5.74, 6) is 0. The summed E-state index contributed by atoms with van der Waals surface area (Å²) >= 11 is 0. The van der Waals surface area contributed by atoms with Gasteiger partial charge in [0.05, 0.1) is 11.9 Å². The molecule has 4 heteroatoms. The van der Waals surface area contributed by atoms with E-state index in [1.54, 1.807) is 0 Å². The lowest BCUT2D eigenvalue weighted by molar-refractivity contribution is 0.653. The van der Waals surface area contributed by atoms with Crippen molar-refractivity contribution >= 4 is 11.4 Å². The normalized spacial score (nSPS) is 15.9. The molecule has 0 atom stereocenters. The summed E-state index contributed by atoms with van der Waals surface area (Å²) < 4.78 is 1.86. The Morgan fingerprint density at radius 2 is 1.47 bits per heavy atom. The van der Waals surface area contributed by atoms with Crippen LogP contribution in [0.2, 0.25) is 0 Å². The number of piperazine rings is 1. The minimum Gasteiger partial charge on any atom is -0.368 e. The van der Waals surface area contributed by atoms with Crippen molar-refractivity contribution in [3.05, 3.63) is 42.2 Å². The van der Waals surface area contributed by atoms with Gasteiger partial charge in [0.1, 0.15) is 0 Å². The lowest BCUT2D eigenvalue weighted by Gasteiger charge is -2.36. The molecule has 0 N–H and O–H groups in total. The van der Waals surface area contributed by atoms with E-state index in [4.69, 9.17) is 0 Å². The first-order chi connectivity index (χ1) is 9.22. The fraction of sp³-hybridized carbons (Fsp3) is 0.400. The maximum Gasteiger partial charge on any atom is 0.0753 e. The summed E-state index contributed by atoms with van der Waals surface area (Å²) in [6.45, 7) is 6.37. The maximum atomic E-state index is 4.24. The molecule has 1 saturated heterocycles. The van der Waals surface area contributed by atoms with Crippen LogP contribution >= 0.6 is 0 Å². The van der Waals surface area contributed by atoms with E-state index in [1.807, 2.05) is 17.9 Å². The third-order valence-corrected chi connectivity index (χ3v) is 3.74. The highest BCUT2D eigenvalue weighted by molar-refractivity contribution is 5.51. The quantitative estimate of drug-likeness (QED) is 0.822. The molecule has 0 radical (unpaired) electrons. The molecule has 1 aromatic carbocycles. The first kappa shape index (κ1) is 12.1. The van der Waals surface area contributed by atoms with Crippen LogP contribution in [-0.4, -0.2) is 36.0 Å². The average Bonchev–Trinajstić information content (AvgIpc) is 2.87. The van der Waals surface area contributed by atoms with Crippen LogP contribution in [0.15, 0.2) is 36.7 Å². The number of hydrogen-bond acceptors (Lipinski definition) is 3. The van der Waals surface area contributed by atoms with Gasteiger partial charge in [0, 0.05) is 45.1 Å². The molecule has 2 heterocycles. The van der Waals surface area contributed by atoms with Crippen LogP contribution in [-0.2, 0) is 7.05 Å². The molecule has 0 bridgehead atoms. The highest BCUT2D eigenvalue weighted by atomic mass is 15.3. The molecule has 0 spiro atoms. The first-order valence-electron chi connectivity index (χ1n) is 6.77. The van der Waals surface area contributed by atoms with E-state index < -0.39 is 0 Å². The molecule has 1 aliphatic rings. The predicted molar refractivity (Wildman–Crippen MR) is 78.8 cm³/mol. The molecule has 2 aromatic rings. The third kappa shape index (κ3) is 2.57. The van der Waals surface area contributed by atoms with E-state index >= 15 is 0 Å². The van der Waals surface area contributed by atoms with Crippen LogP contribution < -0.4 is 9.80 Å². The van der Waals surface area contributed by atoms with Gasteiger partial charge < -0.3 is 9.80 Å². The monoisotopic (exact) mass is 256 g/mol. The van der Waals surface area contributed by atoms with Gasteiger partial charge in [-0.2, -0.15) is 5.10 Å². The van der Waals surface area contributed by atoms with Crippen LogP contribution in [0, 0.1) is 6.92 Å². The van der Waals surface area contributed by atoms with Crippen LogP contribution in [0.4, 0.5) is 11.4 Å². The van der Waals surface area contributed by atoms with Gasteiger partial charge in [0.2, 0.25) is 0 Å². The van der Waals surface area contributed by atoms with E-state index in [9.17, 15) is 0 Å². The summed E-state index contributed by atoms with van der Waals surface area (Å²) in [6, 6.07) is 8.80. The van der Waals surface area contributed by atoms with Crippen LogP contribution in [0.5, 0.6) is 0 Å². The van der Waals surface area contributed by atoms with Gasteiger partial charge in [0.15, 0.2) is 0 Å². The Kier molecular flexibility index (Phi) is 3.15. The fourth-order valence-corrected chi connectivity index (χ4v) is 2.55. The third-order valence-electron chi connectivity index (χ3n) is 3.74. The van der Waals surface area contributed by atoms with E-state index in [1.165, 1.54) is 16.9 Å². The Balaban J connectivity index is 1.64. The smallest absolute Gasteiger partial charge is 0.0753 e. The highest BCUT2D eigenvalue weighted by Crippen LogP contribution is 2.20. The number of benzene rings is 1. The molecule has 0 unspecified atom stereocenters. The average molecular weight is 256 g/mol. The molecule has 1 aromatic heterocycles. The summed E-state index contributed by atoms with van der Waals surface area (Å²) in [5, 5.41) is 4.24. The molecule has 1 aliphatic heterocycles. The molecule has 3 rings (SSSR count). The number of aryl methyl sites for hydroxylation is 2. The van der Waals surface area contributed by atoms with Crippen molar-refractivity contribution in [3.63, 3.8) is 0 Å². The van der Waals surface area contributed by atoms with Crippen LogP contribution in [0.1, 0.15) is 5.56 Å². The fourth-order valence-electron chi connectivity index (χ4n) is 2.55. The van der Waals surface area contributed by atoms with E-state index in [0.717, 1.165) is 26.2 Å². The molecular weight excluding hydrogens is 236 g/mol. The summed E-state index contributed by atoms with van der Waals surface area (Å²) in [7, 11) is 1.96. The number of nitrogens with zero attached hydrogens (tertiary/aromatic N) is 4. The Bertz CT molecular complexity index is 536. The summed E-state index contributed by atoms with van der Waals surface area (Å²) in [5.41, 5.74) is 3.88. The highest BCUT2D eigenvalue weighted by Gasteiger charge is 2.18. The molecule has 0 aliphatic carbocycles. The van der Waals surface area contributed by atoms with Crippen LogP contribution in [0.3, 0.4) is 0 Å². The van der Waals surface area contributed by atoms with Gasteiger partial charge in [0.25, 0.3) is 0 Å². The van der Waals surface area contributed by atoms with Gasteiger partial charge in [-0.25, -0.2) is 0 Å². The molecular formula is C15H20N4. The lowest BCUT2D eigenvalue weighted by atomic mass is 10.2. The minimum atomic E-state index is 1.06. The van der Waals surface area contributed by atoms with E-state index in [-0.39, 0.29) is 0 Å². The number of rotatable bonds is 2. The molecule has 4 nitrogen and oxygen atoms in total. The van der Waals surface area contributed by atoms with Crippen molar-refractivity contribution in [2.24, 2.45) is 7.05 Å². The Labute approximate surface area is 114 Å². The van der Waals surface area contributed by atoms with E-state index in [2.05, 4.69) is 52.3 Å². The van der Waals surface area contributed by atoms with E-state index in [0.29, 0.717) is 0 Å². The van der Waals surface area contributed by atoms with Crippen molar-refractivity contribution in [2.75, 3.05) is 36.0 Å². The Morgan fingerprint density at radius 1 is 0.895 bits per heavy atom. The van der Waals surface area contributed by atoms with Crippen LogP contribution in [0.25, 0.3) is 0 Å². The van der Waals surface area contributed by atoms with Gasteiger partial charge in [-0.05, 0) is 19.1 Å². The van der Waals surface area contributed by atoms with Crippen molar-refractivity contribution in [1.82, 2.24) is 9.78 Å². The number of aromatic nitrogens is 2. The summed E-state index contributed by atoms with van der Waals surface area (Å²) in [4.78, 5) is 4.85. The molecule has 19 heavy (non-hydrogen) atoms. The second kappa shape index (κ2) is 4.96. The molecule has 1 fully saturated rings. The maximum absolute atomic E-state index is 4.24. The number of hydrogen-bond donors (Lipinski definition) is 0. The Hall–Kier alpha value is -1.97. The SMILES string of the molecule is Cc1ccc(N2CCN(c3cnn(C)c3)CC2)cc1. The van der Waals surface area contributed by atoms with Crippen molar-refractivity contribution in [3.8, 4) is 0 Å². The van der Waals surface area contributed by atoms with Crippen molar-refractivity contribution in [1.29, 1.82) is 0 Å². The lowest BCUT2D eigenvalue weighted by Crippen LogP contribution is -2.46. The van der Waals surface area contributed by atoms with Gasteiger partial charge in [-0.1, -0.05) is 17.7 Å². The zero-order chi connectivity index (χ0) is 13.2. The zero-order valence-corrected chi connectivity index (χ0v) is 11.6. The second-order valence-corrected chi connectivity index (χ2v) is 5.18. The Morgan fingerprint density at radius 3 is 2.00 bits per heavy atom. The minimum absolute atomic E-state index is 1.06. The summed E-state index contributed by atoms with van der Waals surface area (Å²) in [6.07, 6.45) is 4.03. The van der Waals surface area contributed by atoms with Crippen molar-refractivity contribution in [2.45, 2.75) is 6.92 Å². The number of anilines is 2. The van der Waals surface area contributed by atoms with Gasteiger partial charge >= 0.3 is 0 Å². The van der Waals surface area contributed by atoms with Crippen molar-refractivity contribution < 1.29 is 0 Å². The largest absolute Gasteiger partial charge is 0.368 e. The molecule has 0 amide bonds. The van der Waals surface area contributed by atoms with Gasteiger partial charge in [-0.15, -0.1) is 0 Å². The zero-order valence-electron chi connectivity index (χ0n) is 11.6. The topological polar surface area (TPSA) is 24.3 Å². The van der Waals surface area contributed by atoms with Gasteiger partial charge in [-0.3, -0.25) is 4.68 Å². The first-order valence-corrected chi connectivity index (χ1v) is 6.77. The standard InChI is InChI=1S/C15H20N4/c1-13-3-5-14(6-4-13)18-7-9-19(10-8-18)15-11-16-17(2)12-15/h3-6,11-12H,7-10H2,1-2H3. The molecule has 0 saturated carbocycles. The molecule has 100 valence electrons. The predicted octanol–water partition coefficient (Wildman–Crippen LogP) is 2.06. The second-order valence-electron chi connectivity index (χ2n) is 5.18.